The van der Waals surface area contributed by atoms with Crippen LogP contribution in [0, 0.1) is 6.92 Å². The molecule has 1 rings (SSSR count). The van der Waals surface area contributed by atoms with Crippen molar-refractivity contribution >= 4 is 11.8 Å². The molecule has 0 saturated heterocycles. The molecule has 0 fully saturated rings. The maximum Gasteiger partial charge on any atom is 0.414 e. The van der Waals surface area contributed by atoms with Gasteiger partial charge in [-0.2, -0.15) is 0 Å². The fourth-order valence-corrected chi connectivity index (χ4v) is 1.50. The molecular weight excluding hydrogens is 216 g/mol. The van der Waals surface area contributed by atoms with Gasteiger partial charge in [0.15, 0.2) is 0 Å². The first kappa shape index (κ1) is 13.5. The summed E-state index contributed by atoms with van der Waals surface area (Å²) >= 11 is 0. The van der Waals surface area contributed by atoms with Gasteiger partial charge in [-0.1, -0.05) is 17.7 Å². The molecule has 1 amide bonds. The number of nitrogens with two attached hydrogens (primary N) is 1. The molecule has 0 bridgehead atoms. The number of hydrogen-bond donors (Lipinski definition) is 1. The largest absolute Gasteiger partial charge is 0.449 e. The molecule has 1 aromatic rings. The molecule has 0 unspecified atom stereocenters. The molecule has 0 radical (unpaired) electrons. The van der Waals surface area contributed by atoms with Crippen molar-refractivity contribution in [3.63, 3.8) is 0 Å². The summed E-state index contributed by atoms with van der Waals surface area (Å²) in [6.07, 6.45) is 0.442. The van der Waals surface area contributed by atoms with Crippen LogP contribution >= 0.6 is 0 Å². The number of ether oxygens (including phenoxy) is 1. The third-order valence-corrected chi connectivity index (χ3v) is 2.42. The van der Waals surface area contributed by atoms with Crippen LogP contribution in [-0.4, -0.2) is 25.8 Å². The molecule has 0 aliphatic carbocycles. The highest BCUT2D eigenvalue weighted by Crippen LogP contribution is 2.16. The van der Waals surface area contributed by atoms with Gasteiger partial charge < -0.3 is 10.5 Å². The highest BCUT2D eigenvalue weighted by molar-refractivity contribution is 5.87. The van der Waals surface area contributed by atoms with E-state index in [1.807, 2.05) is 31.2 Å². The molecule has 4 nitrogen and oxygen atoms in total. The van der Waals surface area contributed by atoms with Crippen LogP contribution in [0.5, 0.6) is 0 Å². The molecular formula is C13H20N2O2. The van der Waals surface area contributed by atoms with Crippen LogP contribution in [0.4, 0.5) is 10.5 Å². The van der Waals surface area contributed by atoms with Crippen molar-refractivity contribution in [3.05, 3.63) is 29.8 Å². The summed E-state index contributed by atoms with van der Waals surface area (Å²) in [5, 5.41) is 0. The standard InChI is InChI=1S/C13H20N2O2/c1-3-17-13(16)15(10-4-9-14)12-7-5-11(2)6-8-12/h5-8H,3-4,9-10,14H2,1-2H3. The van der Waals surface area contributed by atoms with Gasteiger partial charge in [0.05, 0.1) is 6.61 Å². The minimum atomic E-state index is -0.315. The summed E-state index contributed by atoms with van der Waals surface area (Å²) in [5.74, 6) is 0. The van der Waals surface area contributed by atoms with Crippen LogP contribution in [0.1, 0.15) is 18.9 Å². The highest BCUT2D eigenvalue weighted by Gasteiger charge is 2.15. The molecule has 17 heavy (non-hydrogen) atoms. The highest BCUT2D eigenvalue weighted by atomic mass is 16.6. The number of amides is 1. The number of anilines is 1. The lowest BCUT2D eigenvalue weighted by atomic mass is 10.2. The molecule has 0 heterocycles. The van der Waals surface area contributed by atoms with E-state index in [0.717, 1.165) is 17.7 Å². The quantitative estimate of drug-likeness (QED) is 0.853. The van der Waals surface area contributed by atoms with Gasteiger partial charge in [0, 0.05) is 12.2 Å². The second-order valence-corrected chi connectivity index (χ2v) is 3.83. The second-order valence-electron chi connectivity index (χ2n) is 3.83. The zero-order valence-corrected chi connectivity index (χ0v) is 10.5. The van der Waals surface area contributed by atoms with E-state index in [0.29, 0.717) is 19.7 Å². The lowest BCUT2D eigenvalue weighted by Gasteiger charge is -2.21. The van der Waals surface area contributed by atoms with Crippen LogP contribution in [0.25, 0.3) is 0 Å². The van der Waals surface area contributed by atoms with Crippen LogP contribution in [0.15, 0.2) is 24.3 Å². The normalized spacial score (nSPS) is 10.1. The fourth-order valence-electron chi connectivity index (χ4n) is 1.50. The Balaban J connectivity index is 2.81. The van der Waals surface area contributed by atoms with Crippen molar-refractivity contribution in [2.75, 3.05) is 24.6 Å². The zero-order chi connectivity index (χ0) is 12.7. The Morgan fingerprint density at radius 3 is 2.53 bits per heavy atom. The Morgan fingerprint density at radius 1 is 1.35 bits per heavy atom. The Bertz CT molecular complexity index is 349. The molecule has 1 aromatic carbocycles. The summed E-state index contributed by atoms with van der Waals surface area (Å²) in [6, 6.07) is 7.79. The van der Waals surface area contributed by atoms with Crippen molar-refractivity contribution in [1.82, 2.24) is 0 Å². The van der Waals surface area contributed by atoms with Crippen LogP contribution in [-0.2, 0) is 4.74 Å². The van der Waals surface area contributed by atoms with Crippen LogP contribution < -0.4 is 10.6 Å². The molecule has 0 spiro atoms. The van der Waals surface area contributed by atoms with Crippen molar-refractivity contribution < 1.29 is 9.53 Å². The minimum absolute atomic E-state index is 0.315. The van der Waals surface area contributed by atoms with E-state index in [2.05, 4.69) is 0 Å². The van der Waals surface area contributed by atoms with Crippen molar-refractivity contribution in [2.45, 2.75) is 20.3 Å². The fraction of sp³-hybridized carbons (Fsp3) is 0.462. The Morgan fingerprint density at radius 2 is 2.00 bits per heavy atom. The minimum Gasteiger partial charge on any atom is -0.449 e. The molecule has 0 saturated carbocycles. The van der Waals surface area contributed by atoms with Gasteiger partial charge in [-0.15, -0.1) is 0 Å². The van der Waals surface area contributed by atoms with E-state index in [9.17, 15) is 4.79 Å². The molecule has 0 aliphatic rings. The van der Waals surface area contributed by atoms with Gasteiger partial charge in [-0.3, -0.25) is 4.90 Å². The topological polar surface area (TPSA) is 55.6 Å². The number of nitrogens with zero attached hydrogens (tertiary/aromatic N) is 1. The Kier molecular flexibility index (Phi) is 5.49. The molecule has 0 aromatic heterocycles. The van der Waals surface area contributed by atoms with E-state index < -0.39 is 0 Å². The van der Waals surface area contributed by atoms with Crippen molar-refractivity contribution in [1.29, 1.82) is 0 Å². The average molecular weight is 236 g/mol. The van der Waals surface area contributed by atoms with E-state index in [1.165, 1.54) is 0 Å². The maximum atomic E-state index is 11.8. The van der Waals surface area contributed by atoms with Gasteiger partial charge in [0.2, 0.25) is 0 Å². The predicted molar refractivity (Wildman–Crippen MR) is 69.2 cm³/mol. The number of carbonyl (C=O) groups is 1. The summed E-state index contributed by atoms with van der Waals surface area (Å²) in [7, 11) is 0. The zero-order valence-electron chi connectivity index (χ0n) is 10.5. The first-order valence-electron chi connectivity index (χ1n) is 5.90. The Hall–Kier alpha value is -1.55. The summed E-state index contributed by atoms with van der Waals surface area (Å²) < 4.78 is 5.03. The van der Waals surface area contributed by atoms with Crippen LogP contribution in [0.3, 0.4) is 0 Å². The van der Waals surface area contributed by atoms with E-state index >= 15 is 0 Å². The van der Waals surface area contributed by atoms with Gasteiger partial charge in [-0.05, 0) is 38.9 Å². The molecule has 0 aliphatic heterocycles. The lowest BCUT2D eigenvalue weighted by Crippen LogP contribution is -2.33. The van der Waals surface area contributed by atoms with Gasteiger partial charge in [0.25, 0.3) is 0 Å². The summed E-state index contributed by atoms with van der Waals surface area (Å²) in [5.41, 5.74) is 7.49. The van der Waals surface area contributed by atoms with Crippen molar-refractivity contribution in [2.24, 2.45) is 5.73 Å². The lowest BCUT2D eigenvalue weighted by molar-refractivity contribution is 0.159. The third kappa shape index (κ3) is 4.07. The van der Waals surface area contributed by atoms with Crippen molar-refractivity contribution in [3.8, 4) is 0 Å². The third-order valence-electron chi connectivity index (χ3n) is 2.42. The number of rotatable bonds is 5. The van der Waals surface area contributed by atoms with E-state index in [-0.39, 0.29) is 6.09 Å². The van der Waals surface area contributed by atoms with Gasteiger partial charge in [0.1, 0.15) is 0 Å². The van der Waals surface area contributed by atoms with Crippen LogP contribution in [0.2, 0.25) is 0 Å². The number of hydrogen-bond acceptors (Lipinski definition) is 3. The first-order valence-corrected chi connectivity index (χ1v) is 5.90. The first-order chi connectivity index (χ1) is 8.19. The van der Waals surface area contributed by atoms with Gasteiger partial charge in [-0.25, -0.2) is 4.79 Å². The average Bonchev–Trinajstić information content (AvgIpc) is 2.32. The molecule has 0 atom stereocenters. The number of carbonyl (C=O) groups excluding carboxylic acids is 1. The maximum absolute atomic E-state index is 11.8. The smallest absolute Gasteiger partial charge is 0.414 e. The molecule has 4 heteroatoms. The number of benzene rings is 1. The summed E-state index contributed by atoms with van der Waals surface area (Å²) in [6.45, 7) is 5.33. The SMILES string of the molecule is CCOC(=O)N(CCCN)c1ccc(C)cc1. The Labute approximate surface area is 102 Å². The molecule has 2 N–H and O–H groups in total. The van der Waals surface area contributed by atoms with E-state index in [4.69, 9.17) is 10.5 Å². The number of aryl methyl sites for hydroxylation is 1. The van der Waals surface area contributed by atoms with E-state index in [1.54, 1.807) is 11.8 Å². The monoisotopic (exact) mass is 236 g/mol. The molecule has 94 valence electrons. The second kappa shape index (κ2) is 6.91. The predicted octanol–water partition coefficient (Wildman–Crippen LogP) is 2.31. The summed E-state index contributed by atoms with van der Waals surface area (Å²) in [4.78, 5) is 13.4. The van der Waals surface area contributed by atoms with Gasteiger partial charge >= 0.3 is 6.09 Å².